The molecule has 0 aromatic heterocycles. The zero-order valence-electron chi connectivity index (χ0n) is 53.4. The highest BCUT2D eigenvalue weighted by Crippen LogP contribution is 2.16. The molecular formula is C77H122O6. The van der Waals surface area contributed by atoms with Crippen LogP contribution in [0.25, 0.3) is 0 Å². The van der Waals surface area contributed by atoms with E-state index >= 15 is 0 Å². The van der Waals surface area contributed by atoms with Crippen molar-refractivity contribution in [2.45, 2.75) is 284 Å². The zero-order valence-corrected chi connectivity index (χ0v) is 53.4. The predicted octanol–water partition coefficient (Wildman–Crippen LogP) is 23.4. The van der Waals surface area contributed by atoms with E-state index in [1.54, 1.807) is 0 Å². The van der Waals surface area contributed by atoms with Crippen LogP contribution < -0.4 is 0 Å². The van der Waals surface area contributed by atoms with E-state index in [0.717, 1.165) is 141 Å². The molecule has 0 aliphatic carbocycles. The third-order valence-electron chi connectivity index (χ3n) is 13.7. The van der Waals surface area contributed by atoms with Crippen molar-refractivity contribution >= 4 is 17.9 Å². The van der Waals surface area contributed by atoms with Crippen molar-refractivity contribution in [2.75, 3.05) is 13.2 Å². The van der Waals surface area contributed by atoms with Crippen molar-refractivity contribution in [1.82, 2.24) is 0 Å². The molecule has 1 atom stereocenters. The van der Waals surface area contributed by atoms with Crippen molar-refractivity contribution in [3.63, 3.8) is 0 Å². The number of rotatable bonds is 59. The fourth-order valence-electron chi connectivity index (χ4n) is 8.80. The van der Waals surface area contributed by atoms with Gasteiger partial charge >= 0.3 is 17.9 Å². The van der Waals surface area contributed by atoms with E-state index in [4.69, 9.17) is 14.2 Å². The number of esters is 3. The molecule has 0 aliphatic rings. The minimum Gasteiger partial charge on any atom is -0.462 e. The van der Waals surface area contributed by atoms with E-state index < -0.39 is 12.1 Å². The summed E-state index contributed by atoms with van der Waals surface area (Å²) in [5.41, 5.74) is 0. The number of ether oxygens (including phenoxy) is 3. The highest BCUT2D eigenvalue weighted by Gasteiger charge is 2.19. The lowest BCUT2D eigenvalue weighted by molar-refractivity contribution is -0.166. The van der Waals surface area contributed by atoms with Crippen molar-refractivity contribution < 1.29 is 28.6 Å². The van der Waals surface area contributed by atoms with Gasteiger partial charge in [0.25, 0.3) is 0 Å². The monoisotopic (exact) mass is 1140 g/mol. The Morgan fingerprint density at radius 1 is 0.241 bits per heavy atom. The van der Waals surface area contributed by atoms with E-state index in [2.05, 4.69) is 185 Å². The van der Waals surface area contributed by atoms with Gasteiger partial charge in [-0.1, -0.05) is 294 Å². The van der Waals surface area contributed by atoms with Gasteiger partial charge in [-0.2, -0.15) is 0 Å². The molecule has 0 saturated carbocycles. The summed E-state index contributed by atoms with van der Waals surface area (Å²) >= 11 is 0. The largest absolute Gasteiger partial charge is 0.462 e. The number of unbranched alkanes of at least 4 members (excludes halogenated alkanes) is 20. The first-order chi connectivity index (χ1) is 41.0. The maximum Gasteiger partial charge on any atom is 0.306 e. The molecule has 0 spiro atoms. The summed E-state index contributed by atoms with van der Waals surface area (Å²) in [4.78, 5) is 38.4. The Kier molecular flexibility index (Phi) is 64.9. The second-order valence-electron chi connectivity index (χ2n) is 21.6. The fourth-order valence-corrected chi connectivity index (χ4v) is 8.80. The standard InChI is InChI=1S/C77H122O6/c1-4-7-10-13-16-19-22-25-28-31-34-35-36-37-38-39-40-41-44-46-49-52-55-58-61-64-67-70-76(79)82-73-74(83-77(80)71-68-65-62-59-56-53-50-47-43-33-30-27-24-21-18-15-12-9-6-3)72-81-75(78)69-66-63-60-57-54-51-48-45-42-32-29-26-23-20-17-14-11-8-5-2/h7-12,16-21,25-30,34-35,42-43,45,47,53,56,62,65,74H,4-6,13-15,22-24,31-33,36-41,44,46,48-52,54-55,57-61,63-64,66-73H2,1-3H3/b10-7-,11-8-,12-9-,19-16-,20-17-,21-18-,28-25-,29-26-,30-27-,35-34-,45-42-,47-43-,56-53-,65-62-. The average Bonchev–Trinajstić information content (AvgIpc) is 3.50. The van der Waals surface area contributed by atoms with Gasteiger partial charge in [0.15, 0.2) is 6.10 Å². The molecular weight excluding hydrogens is 1020 g/mol. The minimum atomic E-state index is -0.835. The molecule has 1 unspecified atom stereocenters. The lowest BCUT2D eigenvalue weighted by Crippen LogP contribution is -2.30. The zero-order chi connectivity index (χ0) is 59.9. The summed E-state index contributed by atoms with van der Waals surface area (Å²) in [6.45, 7) is 6.23. The van der Waals surface area contributed by atoms with Gasteiger partial charge in [-0.3, -0.25) is 14.4 Å². The first-order valence-corrected chi connectivity index (χ1v) is 33.6. The number of hydrogen-bond donors (Lipinski definition) is 0. The first kappa shape index (κ1) is 77.8. The number of hydrogen-bond acceptors (Lipinski definition) is 6. The van der Waals surface area contributed by atoms with E-state index in [9.17, 15) is 14.4 Å². The maximum atomic E-state index is 12.9. The van der Waals surface area contributed by atoms with Gasteiger partial charge in [-0.05, 0) is 135 Å². The Labute approximate surface area is 511 Å². The molecule has 0 aliphatic heterocycles. The summed E-state index contributed by atoms with van der Waals surface area (Å²) < 4.78 is 16.9. The van der Waals surface area contributed by atoms with Crippen LogP contribution in [-0.4, -0.2) is 37.2 Å². The van der Waals surface area contributed by atoms with Crippen molar-refractivity contribution in [2.24, 2.45) is 0 Å². The molecule has 0 N–H and O–H groups in total. The van der Waals surface area contributed by atoms with Crippen LogP contribution in [0.1, 0.15) is 278 Å². The van der Waals surface area contributed by atoms with Crippen molar-refractivity contribution in [3.05, 3.63) is 170 Å². The first-order valence-electron chi connectivity index (χ1n) is 33.6. The molecule has 0 radical (unpaired) electrons. The quantitative estimate of drug-likeness (QED) is 0.0261. The fraction of sp³-hybridized carbons (Fsp3) is 0.597. The molecule has 6 heteroatoms. The Bertz CT molecular complexity index is 1890. The summed E-state index contributed by atoms with van der Waals surface area (Å²) in [5.74, 6) is -1.02. The Morgan fingerprint density at radius 3 is 0.723 bits per heavy atom. The highest BCUT2D eigenvalue weighted by molar-refractivity contribution is 5.71. The number of allylic oxidation sites excluding steroid dienone is 28. The third kappa shape index (κ3) is 67.4. The molecule has 0 saturated heterocycles. The average molecular weight is 1140 g/mol. The van der Waals surface area contributed by atoms with Gasteiger partial charge in [0.2, 0.25) is 0 Å². The smallest absolute Gasteiger partial charge is 0.306 e. The molecule has 83 heavy (non-hydrogen) atoms. The van der Waals surface area contributed by atoms with Gasteiger partial charge in [0.1, 0.15) is 13.2 Å². The van der Waals surface area contributed by atoms with Crippen LogP contribution >= 0.6 is 0 Å². The molecule has 6 nitrogen and oxygen atoms in total. The molecule has 466 valence electrons. The third-order valence-corrected chi connectivity index (χ3v) is 13.7. The minimum absolute atomic E-state index is 0.120. The van der Waals surface area contributed by atoms with E-state index in [-0.39, 0.29) is 31.6 Å². The maximum absolute atomic E-state index is 12.9. The lowest BCUT2D eigenvalue weighted by atomic mass is 10.0. The summed E-state index contributed by atoms with van der Waals surface area (Å²) in [7, 11) is 0. The number of carbonyl (C=O) groups is 3. The molecule has 0 heterocycles. The van der Waals surface area contributed by atoms with Gasteiger partial charge in [-0.15, -0.1) is 0 Å². The van der Waals surface area contributed by atoms with Crippen LogP contribution in [0.5, 0.6) is 0 Å². The highest BCUT2D eigenvalue weighted by atomic mass is 16.6. The van der Waals surface area contributed by atoms with Crippen LogP contribution in [0.2, 0.25) is 0 Å². The van der Waals surface area contributed by atoms with E-state index in [1.165, 1.54) is 89.9 Å². The van der Waals surface area contributed by atoms with Gasteiger partial charge in [0, 0.05) is 19.3 Å². The molecule has 0 amide bonds. The van der Waals surface area contributed by atoms with Crippen LogP contribution in [-0.2, 0) is 28.6 Å². The SMILES string of the molecule is CC/C=C\C/C=C\C/C=C\C/C=C\C/C=C\C/C=C\CCC(=O)OC(COC(=O)CCCCCCCC/C=C\C/C=C\C/C=C\C/C=C\CC)COC(=O)CCCCCCCCCCCCCCCC/C=C\C/C=C\C/C=C\C/C=C\CC. The number of carbonyl (C=O) groups excluding carboxylic acids is 3. The topological polar surface area (TPSA) is 78.9 Å². The molecule has 0 fully saturated rings. The van der Waals surface area contributed by atoms with Crippen molar-refractivity contribution in [3.8, 4) is 0 Å². The van der Waals surface area contributed by atoms with Crippen LogP contribution in [0.3, 0.4) is 0 Å². The molecule has 0 aromatic rings. The Balaban J connectivity index is 4.47. The summed E-state index contributed by atoms with van der Waals surface area (Å²) in [6.07, 6.45) is 102. The van der Waals surface area contributed by atoms with Gasteiger partial charge in [-0.25, -0.2) is 0 Å². The van der Waals surface area contributed by atoms with Crippen LogP contribution in [0.15, 0.2) is 170 Å². The normalized spacial score (nSPS) is 13.2. The van der Waals surface area contributed by atoms with Crippen molar-refractivity contribution in [1.29, 1.82) is 0 Å². The Morgan fingerprint density at radius 2 is 0.458 bits per heavy atom. The Hall–Kier alpha value is -5.23. The molecule has 0 bridgehead atoms. The van der Waals surface area contributed by atoms with Crippen LogP contribution in [0, 0.1) is 0 Å². The molecule has 0 aromatic carbocycles. The van der Waals surface area contributed by atoms with Crippen LogP contribution in [0.4, 0.5) is 0 Å². The summed E-state index contributed by atoms with van der Waals surface area (Å²) in [5, 5.41) is 0. The van der Waals surface area contributed by atoms with E-state index in [1.807, 2.05) is 6.08 Å². The molecule has 0 rings (SSSR count). The van der Waals surface area contributed by atoms with Gasteiger partial charge in [0.05, 0.1) is 0 Å². The summed E-state index contributed by atoms with van der Waals surface area (Å²) in [6, 6.07) is 0. The van der Waals surface area contributed by atoms with Gasteiger partial charge < -0.3 is 14.2 Å². The second kappa shape index (κ2) is 69.3. The van der Waals surface area contributed by atoms with E-state index in [0.29, 0.717) is 19.3 Å². The second-order valence-corrected chi connectivity index (χ2v) is 21.6. The lowest BCUT2D eigenvalue weighted by Gasteiger charge is -2.18. The predicted molar refractivity (Wildman–Crippen MR) is 361 cm³/mol.